The fourth-order valence-electron chi connectivity index (χ4n) is 5.12. The maximum atomic E-state index is 13.7. The molecule has 4 N–H and O–H groups in total. The molecule has 3 rings (SSSR count). The van der Waals surface area contributed by atoms with E-state index in [2.05, 4.69) is 10.6 Å². The normalized spacial score (nSPS) is 21.4. The first kappa shape index (κ1) is 32.1. The van der Waals surface area contributed by atoms with Crippen LogP contribution >= 0.6 is 23.2 Å². The van der Waals surface area contributed by atoms with E-state index in [0.29, 0.717) is 31.7 Å². The predicted octanol–water partition coefficient (Wildman–Crippen LogP) is 3.21. The Hall–Kier alpha value is -2.07. The summed E-state index contributed by atoms with van der Waals surface area (Å²) in [6, 6.07) is -2.52. The summed E-state index contributed by atoms with van der Waals surface area (Å²) in [5.41, 5.74) is 4.49. The number of hydrogen-bond acceptors (Lipinski definition) is 6. The molecule has 0 aromatic rings. The van der Waals surface area contributed by atoms with Gasteiger partial charge in [0.05, 0.1) is 11.4 Å². The van der Waals surface area contributed by atoms with E-state index in [0.717, 1.165) is 44.9 Å². The molecule has 0 spiro atoms. The van der Waals surface area contributed by atoms with Gasteiger partial charge in [0, 0.05) is 6.54 Å². The molecular weight excluding hydrogens is 535 g/mol. The van der Waals surface area contributed by atoms with Gasteiger partial charge < -0.3 is 26.0 Å². The molecule has 2 aliphatic carbocycles. The largest absolute Gasteiger partial charge is 0.444 e. The molecule has 12 heteroatoms. The van der Waals surface area contributed by atoms with Crippen molar-refractivity contribution in [3.05, 3.63) is 0 Å². The van der Waals surface area contributed by atoms with Crippen molar-refractivity contribution in [3.8, 4) is 0 Å². The highest BCUT2D eigenvalue weighted by atomic mass is 35.5. The summed E-state index contributed by atoms with van der Waals surface area (Å²) in [6.45, 7) is 5.66. The van der Waals surface area contributed by atoms with Crippen molar-refractivity contribution in [3.63, 3.8) is 0 Å². The Morgan fingerprint density at radius 2 is 1.55 bits per heavy atom. The van der Waals surface area contributed by atoms with Crippen molar-refractivity contribution in [2.24, 2.45) is 17.6 Å². The Morgan fingerprint density at radius 3 is 2.08 bits per heavy atom. The van der Waals surface area contributed by atoms with Gasteiger partial charge in [-0.2, -0.15) is 0 Å². The third-order valence-electron chi connectivity index (χ3n) is 7.04. The molecule has 2 unspecified atom stereocenters. The number of nitrogens with one attached hydrogen (secondary N) is 2. The van der Waals surface area contributed by atoms with Crippen LogP contribution in [0.5, 0.6) is 0 Å². The van der Waals surface area contributed by atoms with Gasteiger partial charge in [-0.1, -0.05) is 32.1 Å². The first-order chi connectivity index (χ1) is 17.9. The number of nitrogens with two attached hydrogens (primary N) is 1. The van der Waals surface area contributed by atoms with E-state index in [4.69, 9.17) is 33.7 Å². The van der Waals surface area contributed by atoms with Gasteiger partial charge in [-0.25, -0.2) is 4.79 Å². The van der Waals surface area contributed by atoms with E-state index < -0.39 is 47.4 Å². The van der Waals surface area contributed by atoms with Crippen LogP contribution in [0.2, 0.25) is 0 Å². The number of hydrogen-bond donors (Lipinski definition) is 3. The summed E-state index contributed by atoms with van der Waals surface area (Å²) in [6.07, 6.45) is 7.37. The number of Topliss-reactive ketones (excluding diaryl/α,β-unsaturated/α-hetero) is 1. The van der Waals surface area contributed by atoms with Crippen LogP contribution in [0.4, 0.5) is 4.79 Å². The smallest absolute Gasteiger partial charge is 0.408 e. The molecule has 0 aromatic carbocycles. The molecule has 0 radical (unpaired) electrons. The zero-order valence-corrected chi connectivity index (χ0v) is 24.1. The van der Waals surface area contributed by atoms with Crippen LogP contribution in [0.15, 0.2) is 0 Å². The van der Waals surface area contributed by atoms with Gasteiger partial charge in [0.15, 0.2) is 0 Å². The van der Waals surface area contributed by atoms with Crippen LogP contribution in [0.25, 0.3) is 0 Å². The molecule has 216 valence electrons. The number of carbonyl (C=O) groups excluding carboxylic acids is 5. The Morgan fingerprint density at radius 1 is 0.947 bits per heavy atom. The molecular formula is C26H42Cl2N4O6. The molecule has 2 saturated carbocycles. The van der Waals surface area contributed by atoms with Gasteiger partial charge >= 0.3 is 6.09 Å². The standard InChI is InChI=1S/C25H40N4O6.CH2Cl2/c1-25(2,3)35-24(34)28-19(16-8-5-4-6-9-16)23(33)29-13-7-10-18(29)22(32)27-17(14-15-11-12-15)20(30)21(26)31;2-1-3/h15-19H,4-14H2,1-3H3,(H2,26,31)(H,27,32)(H,28,34);1H2/t17?,18-,19?;/m0./s1. The third-order valence-corrected chi connectivity index (χ3v) is 7.04. The number of carbonyl (C=O) groups is 5. The summed E-state index contributed by atoms with van der Waals surface area (Å²) >= 11 is 9.53. The molecule has 4 amide bonds. The molecule has 0 aromatic heterocycles. The van der Waals surface area contributed by atoms with Gasteiger partial charge in [-0.3, -0.25) is 19.2 Å². The molecule has 10 nitrogen and oxygen atoms in total. The second kappa shape index (κ2) is 14.9. The van der Waals surface area contributed by atoms with Crippen LogP contribution < -0.4 is 16.4 Å². The number of amides is 4. The summed E-state index contributed by atoms with van der Waals surface area (Å²) in [5, 5.41) is 5.67. The minimum Gasteiger partial charge on any atom is -0.444 e. The highest BCUT2D eigenvalue weighted by molar-refractivity contribution is 6.40. The average Bonchev–Trinajstić information content (AvgIpc) is 3.52. The topological polar surface area (TPSA) is 148 Å². The van der Waals surface area contributed by atoms with Crippen LogP contribution in [-0.4, -0.2) is 70.1 Å². The number of nitrogens with zero attached hydrogens (tertiary/aromatic N) is 1. The van der Waals surface area contributed by atoms with E-state index in [9.17, 15) is 24.0 Å². The van der Waals surface area contributed by atoms with Crippen molar-refractivity contribution >= 4 is 52.8 Å². The van der Waals surface area contributed by atoms with Gasteiger partial charge in [0.25, 0.3) is 5.91 Å². The highest BCUT2D eigenvalue weighted by Crippen LogP contribution is 2.34. The molecule has 1 heterocycles. The van der Waals surface area contributed by atoms with Crippen LogP contribution in [0.1, 0.15) is 85.0 Å². The first-order valence-electron chi connectivity index (χ1n) is 13.4. The van der Waals surface area contributed by atoms with E-state index in [1.54, 1.807) is 20.8 Å². The zero-order valence-electron chi connectivity index (χ0n) is 22.6. The molecule has 3 aliphatic rings. The second-order valence-corrected chi connectivity index (χ2v) is 12.1. The molecule has 38 heavy (non-hydrogen) atoms. The molecule has 3 atom stereocenters. The fraction of sp³-hybridized carbons (Fsp3) is 0.808. The van der Waals surface area contributed by atoms with Gasteiger partial charge in [0.2, 0.25) is 17.6 Å². The Balaban J connectivity index is 0.00000161. The summed E-state index contributed by atoms with van der Waals surface area (Å²) in [5.74, 6) is -2.40. The van der Waals surface area contributed by atoms with Crippen LogP contribution in [0.3, 0.4) is 0 Å². The van der Waals surface area contributed by atoms with Crippen molar-refractivity contribution in [1.29, 1.82) is 0 Å². The second-order valence-electron chi connectivity index (χ2n) is 11.3. The van der Waals surface area contributed by atoms with Crippen LogP contribution in [0, 0.1) is 11.8 Å². The number of alkyl carbamates (subject to hydrolysis) is 1. The van der Waals surface area contributed by atoms with Crippen molar-refractivity contribution < 1.29 is 28.7 Å². The maximum absolute atomic E-state index is 13.7. The number of alkyl halides is 2. The van der Waals surface area contributed by atoms with Gasteiger partial charge in [-0.05, 0) is 64.7 Å². The SMILES string of the molecule is CC(C)(C)OC(=O)NC(C(=O)N1CCC[C@H]1C(=O)NC(CC1CC1)C(=O)C(N)=O)C1CCCCC1.ClCCl. The summed E-state index contributed by atoms with van der Waals surface area (Å²) in [7, 11) is 0. The third kappa shape index (κ3) is 10.2. The fourth-order valence-corrected chi connectivity index (χ4v) is 5.12. The predicted molar refractivity (Wildman–Crippen MR) is 145 cm³/mol. The Kier molecular flexibility index (Phi) is 12.6. The lowest BCUT2D eigenvalue weighted by Gasteiger charge is -2.35. The number of primary amides is 1. The number of halogens is 2. The lowest BCUT2D eigenvalue weighted by Crippen LogP contribution is -2.58. The molecule has 1 aliphatic heterocycles. The van der Waals surface area contributed by atoms with E-state index in [1.807, 2.05) is 0 Å². The quantitative estimate of drug-likeness (QED) is 0.283. The Bertz CT molecular complexity index is 855. The number of rotatable bonds is 9. The number of likely N-dealkylation sites (tertiary alicyclic amines) is 1. The van der Waals surface area contributed by atoms with E-state index in [-0.39, 0.29) is 17.2 Å². The maximum Gasteiger partial charge on any atom is 0.408 e. The van der Waals surface area contributed by atoms with E-state index in [1.165, 1.54) is 4.90 Å². The molecule has 3 fully saturated rings. The first-order valence-corrected chi connectivity index (χ1v) is 14.5. The Labute approximate surface area is 235 Å². The van der Waals surface area contributed by atoms with Gasteiger partial charge in [-0.15, -0.1) is 23.2 Å². The highest BCUT2D eigenvalue weighted by Gasteiger charge is 2.42. The lowest BCUT2D eigenvalue weighted by atomic mass is 9.83. The minimum absolute atomic E-state index is 0.0351. The zero-order chi connectivity index (χ0) is 28.5. The summed E-state index contributed by atoms with van der Waals surface area (Å²) < 4.78 is 5.41. The van der Waals surface area contributed by atoms with E-state index >= 15 is 0 Å². The number of ether oxygens (including phenoxy) is 1. The minimum atomic E-state index is -1.07. The van der Waals surface area contributed by atoms with Crippen molar-refractivity contribution in [2.75, 3.05) is 11.9 Å². The van der Waals surface area contributed by atoms with Crippen molar-refractivity contribution in [1.82, 2.24) is 15.5 Å². The summed E-state index contributed by atoms with van der Waals surface area (Å²) in [4.78, 5) is 64.8. The lowest BCUT2D eigenvalue weighted by molar-refractivity contribution is -0.143. The van der Waals surface area contributed by atoms with Crippen molar-refractivity contribution in [2.45, 2.75) is 109 Å². The monoisotopic (exact) mass is 576 g/mol. The molecule has 0 bridgehead atoms. The van der Waals surface area contributed by atoms with Crippen LogP contribution in [-0.2, 0) is 23.9 Å². The molecule has 1 saturated heterocycles. The number of ketones is 1. The average molecular weight is 578 g/mol. The van der Waals surface area contributed by atoms with Gasteiger partial charge in [0.1, 0.15) is 17.7 Å².